The summed E-state index contributed by atoms with van der Waals surface area (Å²) in [4.78, 5) is 14.7. The molecule has 1 N–H and O–H groups in total. The fraction of sp³-hybridized carbons (Fsp3) is 0.647. The van der Waals surface area contributed by atoms with Crippen LogP contribution in [0.3, 0.4) is 0 Å². The number of piperidine rings is 1. The molecule has 4 heterocycles. The fourth-order valence-electron chi connectivity index (χ4n) is 3.69. The minimum atomic E-state index is 0.0683. The van der Waals surface area contributed by atoms with Crippen molar-refractivity contribution in [1.82, 2.24) is 25.1 Å². The summed E-state index contributed by atoms with van der Waals surface area (Å²) in [5, 5.41) is 15.5. The van der Waals surface area contributed by atoms with Crippen molar-refractivity contribution in [2.24, 2.45) is 5.92 Å². The number of fused-ring (bicyclic) bond motifs is 1. The summed E-state index contributed by atoms with van der Waals surface area (Å²) in [5.74, 6) is 1.13. The number of amides is 1. The standard InChI is InChI=1S/C17H24N6O2/c1-12(14-3-2-10-25-14)19-17(24)13-6-8-22(9-7-13)16-5-4-15-20-18-11-23(15)21-16/h4-5,11-14H,2-3,6-10H2,1H3,(H,19,24)/t12-,14-/m0/s1. The van der Waals surface area contributed by atoms with Gasteiger partial charge in [0.1, 0.15) is 12.1 Å². The molecule has 2 fully saturated rings. The fourth-order valence-corrected chi connectivity index (χ4v) is 3.69. The molecule has 0 unspecified atom stereocenters. The highest BCUT2D eigenvalue weighted by Crippen LogP contribution is 2.23. The van der Waals surface area contributed by atoms with Gasteiger partial charge < -0.3 is 15.0 Å². The van der Waals surface area contributed by atoms with Gasteiger partial charge in [-0.1, -0.05) is 0 Å². The first kappa shape index (κ1) is 16.3. The van der Waals surface area contributed by atoms with Crippen LogP contribution in [-0.2, 0) is 9.53 Å². The molecule has 0 bridgehead atoms. The molecule has 2 saturated heterocycles. The molecular formula is C17H24N6O2. The van der Waals surface area contributed by atoms with Gasteiger partial charge in [-0.25, -0.2) is 0 Å². The third-order valence-corrected chi connectivity index (χ3v) is 5.23. The minimum absolute atomic E-state index is 0.0683. The smallest absolute Gasteiger partial charge is 0.223 e. The second kappa shape index (κ2) is 6.95. The number of aromatic nitrogens is 4. The number of nitrogens with one attached hydrogen (secondary N) is 1. The molecule has 4 rings (SSSR count). The summed E-state index contributed by atoms with van der Waals surface area (Å²) < 4.78 is 7.34. The van der Waals surface area contributed by atoms with Gasteiger partial charge in [0.25, 0.3) is 0 Å². The van der Waals surface area contributed by atoms with Crippen molar-refractivity contribution < 1.29 is 9.53 Å². The van der Waals surface area contributed by atoms with Crippen LogP contribution in [0.2, 0.25) is 0 Å². The van der Waals surface area contributed by atoms with Gasteiger partial charge in [-0.3, -0.25) is 4.79 Å². The lowest BCUT2D eigenvalue weighted by atomic mass is 9.95. The summed E-state index contributed by atoms with van der Waals surface area (Å²) in [7, 11) is 0. The Morgan fingerprint density at radius 2 is 2.16 bits per heavy atom. The van der Waals surface area contributed by atoms with E-state index in [2.05, 4.69) is 25.5 Å². The first-order valence-electron chi connectivity index (χ1n) is 9.05. The highest BCUT2D eigenvalue weighted by Gasteiger charge is 2.29. The molecule has 2 aromatic heterocycles. The second-order valence-corrected chi connectivity index (χ2v) is 6.94. The first-order valence-corrected chi connectivity index (χ1v) is 9.05. The van der Waals surface area contributed by atoms with Crippen LogP contribution in [0.4, 0.5) is 5.82 Å². The van der Waals surface area contributed by atoms with Crippen molar-refractivity contribution in [1.29, 1.82) is 0 Å². The highest BCUT2D eigenvalue weighted by molar-refractivity contribution is 5.79. The Bertz CT molecular complexity index is 734. The van der Waals surface area contributed by atoms with Crippen LogP contribution in [0, 0.1) is 5.92 Å². The lowest BCUT2D eigenvalue weighted by molar-refractivity contribution is -0.127. The van der Waals surface area contributed by atoms with E-state index in [4.69, 9.17) is 4.74 Å². The van der Waals surface area contributed by atoms with Gasteiger partial charge in [-0.05, 0) is 44.7 Å². The largest absolute Gasteiger partial charge is 0.376 e. The van der Waals surface area contributed by atoms with E-state index in [-0.39, 0.29) is 24.0 Å². The van der Waals surface area contributed by atoms with Crippen molar-refractivity contribution >= 4 is 17.4 Å². The van der Waals surface area contributed by atoms with Crippen LogP contribution in [0.25, 0.3) is 5.65 Å². The molecule has 134 valence electrons. The third-order valence-electron chi connectivity index (χ3n) is 5.23. The maximum atomic E-state index is 12.5. The average molecular weight is 344 g/mol. The van der Waals surface area contributed by atoms with E-state index in [0.29, 0.717) is 0 Å². The average Bonchev–Trinajstić information content (AvgIpc) is 3.32. The maximum absolute atomic E-state index is 12.5. The number of hydrogen-bond donors (Lipinski definition) is 1. The number of carbonyl (C=O) groups is 1. The second-order valence-electron chi connectivity index (χ2n) is 6.94. The quantitative estimate of drug-likeness (QED) is 0.892. The van der Waals surface area contributed by atoms with Crippen molar-refractivity contribution in [2.75, 3.05) is 24.6 Å². The Morgan fingerprint density at radius 3 is 2.92 bits per heavy atom. The lowest BCUT2D eigenvalue weighted by Crippen LogP contribution is -2.46. The van der Waals surface area contributed by atoms with Crippen LogP contribution in [0.1, 0.15) is 32.6 Å². The Hall–Kier alpha value is -2.22. The van der Waals surface area contributed by atoms with Crippen molar-refractivity contribution in [3.05, 3.63) is 18.5 Å². The predicted octanol–water partition coefficient (Wildman–Crippen LogP) is 1.02. The summed E-state index contributed by atoms with van der Waals surface area (Å²) in [6, 6.07) is 3.97. The molecule has 1 amide bonds. The van der Waals surface area contributed by atoms with E-state index >= 15 is 0 Å². The van der Waals surface area contributed by atoms with Gasteiger partial charge >= 0.3 is 0 Å². The molecule has 0 aromatic carbocycles. The number of hydrogen-bond acceptors (Lipinski definition) is 6. The van der Waals surface area contributed by atoms with E-state index < -0.39 is 0 Å². The van der Waals surface area contributed by atoms with Crippen molar-refractivity contribution in [2.45, 2.75) is 44.8 Å². The van der Waals surface area contributed by atoms with Gasteiger partial charge in [-0.2, -0.15) is 4.52 Å². The minimum Gasteiger partial charge on any atom is -0.376 e. The molecule has 0 saturated carbocycles. The van der Waals surface area contributed by atoms with Gasteiger partial charge in [0.2, 0.25) is 5.91 Å². The predicted molar refractivity (Wildman–Crippen MR) is 92.3 cm³/mol. The van der Waals surface area contributed by atoms with Crippen LogP contribution in [-0.4, -0.2) is 57.6 Å². The topological polar surface area (TPSA) is 84.7 Å². The number of rotatable bonds is 4. The Balaban J connectivity index is 1.32. The molecule has 0 aliphatic carbocycles. The van der Waals surface area contributed by atoms with E-state index in [1.165, 1.54) is 0 Å². The van der Waals surface area contributed by atoms with Gasteiger partial charge in [0, 0.05) is 25.6 Å². The van der Waals surface area contributed by atoms with Gasteiger partial charge in [0.05, 0.1) is 12.1 Å². The van der Waals surface area contributed by atoms with E-state index in [1.54, 1.807) is 10.8 Å². The number of carbonyl (C=O) groups excluding carboxylic acids is 1. The molecule has 0 spiro atoms. The van der Waals surface area contributed by atoms with Gasteiger partial charge in [0.15, 0.2) is 5.65 Å². The van der Waals surface area contributed by atoms with Crippen LogP contribution in [0.5, 0.6) is 0 Å². The van der Waals surface area contributed by atoms with Crippen molar-refractivity contribution in [3.8, 4) is 0 Å². The summed E-state index contributed by atoms with van der Waals surface area (Å²) in [6.45, 7) is 4.51. The first-order chi connectivity index (χ1) is 12.2. The zero-order valence-corrected chi connectivity index (χ0v) is 14.5. The Morgan fingerprint density at radius 1 is 1.32 bits per heavy atom. The number of ether oxygens (including phenoxy) is 1. The van der Waals surface area contributed by atoms with Crippen LogP contribution < -0.4 is 10.2 Å². The highest BCUT2D eigenvalue weighted by atomic mass is 16.5. The Labute approximate surface area is 146 Å². The lowest BCUT2D eigenvalue weighted by Gasteiger charge is -2.33. The molecule has 2 atom stereocenters. The molecule has 25 heavy (non-hydrogen) atoms. The molecule has 2 aliphatic heterocycles. The summed E-state index contributed by atoms with van der Waals surface area (Å²) >= 11 is 0. The zero-order chi connectivity index (χ0) is 17.2. The Kier molecular flexibility index (Phi) is 4.52. The normalized spacial score (nSPS) is 23.1. The molecular weight excluding hydrogens is 320 g/mol. The SMILES string of the molecule is C[C@H](NC(=O)C1CCN(c2ccc3nncn3n2)CC1)[C@@H]1CCCO1. The van der Waals surface area contributed by atoms with E-state index in [0.717, 1.165) is 56.8 Å². The number of nitrogens with zero attached hydrogens (tertiary/aromatic N) is 5. The monoisotopic (exact) mass is 344 g/mol. The van der Waals surface area contributed by atoms with Crippen LogP contribution in [0.15, 0.2) is 18.5 Å². The molecule has 2 aromatic rings. The van der Waals surface area contributed by atoms with Gasteiger partial charge in [-0.15, -0.1) is 15.3 Å². The summed E-state index contributed by atoms with van der Waals surface area (Å²) in [5.41, 5.74) is 0.737. The molecule has 2 aliphatic rings. The van der Waals surface area contributed by atoms with E-state index in [9.17, 15) is 4.79 Å². The van der Waals surface area contributed by atoms with Crippen LogP contribution >= 0.6 is 0 Å². The molecule has 8 heteroatoms. The maximum Gasteiger partial charge on any atom is 0.223 e. The van der Waals surface area contributed by atoms with Crippen molar-refractivity contribution in [3.63, 3.8) is 0 Å². The number of anilines is 1. The van der Waals surface area contributed by atoms with E-state index in [1.807, 2.05) is 19.1 Å². The molecule has 8 nitrogen and oxygen atoms in total. The zero-order valence-electron chi connectivity index (χ0n) is 14.5. The molecule has 0 radical (unpaired) electrons. The summed E-state index contributed by atoms with van der Waals surface area (Å²) in [6.07, 6.45) is 5.58. The third kappa shape index (κ3) is 3.44.